The Labute approximate surface area is 138 Å². The van der Waals surface area contributed by atoms with Crippen molar-refractivity contribution in [2.75, 3.05) is 5.32 Å². The number of benzene rings is 1. The smallest absolute Gasteiger partial charge is 0.387 e. The molecule has 0 unspecified atom stereocenters. The molecule has 1 aromatic heterocycles. The Balaban J connectivity index is 1.90. The number of nitrogens with one attached hydrogen (secondary N) is 2. The van der Waals surface area contributed by atoms with Crippen LogP contribution < -0.4 is 15.4 Å². The first-order valence-corrected chi connectivity index (χ1v) is 7.37. The van der Waals surface area contributed by atoms with E-state index >= 15 is 0 Å². The molecule has 0 spiro atoms. The number of anilines is 1. The molecule has 130 valence electrons. The maximum atomic E-state index is 12.2. The van der Waals surface area contributed by atoms with Gasteiger partial charge in [-0.25, -0.2) is 9.48 Å². The molecule has 0 fully saturated rings. The fourth-order valence-corrected chi connectivity index (χ4v) is 2.10. The maximum absolute atomic E-state index is 12.2. The quantitative estimate of drug-likeness (QED) is 0.847. The van der Waals surface area contributed by atoms with E-state index in [0.29, 0.717) is 11.4 Å². The summed E-state index contributed by atoms with van der Waals surface area (Å²) in [5, 5.41) is 9.32. The molecule has 2 aromatic rings. The Morgan fingerprint density at radius 2 is 2.12 bits per heavy atom. The van der Waals surface area contributed by atoms with E-state index in [2.05, 4.69) is 25.5 Å². The number of amides is 2. The molecule has 1 heterocycles. The van der Waals surface area contributed by atoms with E-state index in [9.17, 15) is 13.6 Å². The fourth-order valence-electron chi connectivity index (χ4n) is 2.10. The van der Waals surface area contributed by atoms with Crippen molar-refractivity contribution in [3.63, 3.8) is 0 Å². The predicted molar refractivity (Wildman–Crippen MR) is 84.1 cm³/mol. The zero-order chi connectivity index (χ0) is 17.7. The van der Waals surface area contributed by atoms with E-state index in [1.807, 2.05) is 13.8 Å². The average molecular weight is 339 g/mol. The van der Waals surface area contributed by atoms with Gasteiger partial charge in [-0.15, -0.1) is 5.10 Å². The molecular weight excluding hydrogens is 320 g/mol. The van der Waals surface area contributed by atoms with Crippen molar-refractivity contribution in [1.82, 2.24) is 20.1 Å². The number of ether oxygens (including phenoxy) is 1. The standard InChI is InChI=1S/C15H19F2N5O2/c1-9(2)22-10(3)19-14(21-22)20-15(23)18-8-11-5-4-6-12(7-11)24-13(16)17/h4-7,9,13H,8H2,1-3H3,(H2,18,20,21,23). The number of aryl methyl sites for hydroxylation is 1. The highest BCUT2D eigenvalue weighted by Gasteiger charge is 2.11. The fraction of sp³-hybridized carbons (Fsp3) is 0.400. The highest BCUT2D eigenvalue weighted by atomic mass is 19.3. The first-order valence-electron chi connectivity index (χ1n) is 7.37. The van der Waals surface area contributed by atoms with E-state index in [-0.39, 0.29) is 24.3 Å². The van der Waals surface area contributed by atoms with Crippen LogP contribution in [0, 0.1) is 6.92 Å². The summed E-state index contributed by atoms with van der Waals surface area (Å²) in [4.78, 5) is 16.0. The molecule has 2 amide bonds. The van der Waals surface area contributed by atoms with Crippen molar-refractivity contribution >= 4 is 12.0 Å². The summed E-state index contributed by atoms with van der Waals surface area (Å²) in [5.74, 6) is 0.934. The van der Waals surface area contributed by atoms with E-state index in [4.69, 9.17) is 0 Å². The number of urea groups is 1. The molecule has 9 heteroatoms. The van der Waals surface area contributed by atoms with Crippen LogP contribution in [0.25, 0.3) is 0 Å². The monoisotopic (exact) mass is 339 g/mol. The molecule has 2 rings (SSSR count). The van der Waals surface area contributed by atoms with Gasteiger partial charge < -0.3 is 10.1 Å². The van der Waals surface area contributed by atoms with Crippen LogP contribution in [0.3, 0.4) is 0 Å². The van der Waals surface area contributed by atoms with Crippen molar-refractivity contribution < 1.29 is 18.3 Å². The first kappa shape index (κ1) is 17.6. The molecule has 1 aromatic carbocycles. The van der Waals surface area contributed by atoms with E-state index in [0.717, 1.165) is 0 Å². The maximum Gasteiger partial charge on any atom is 0.387 e. The van der Waals surface area contributed by atoms with Crippen LogP contribution in [0.15, 0.2) is 24.3 Å². The normalized spacial score (nSPS) is 11.0. The third-order valence-electron chi connectivity index (χ3n) is 3.09. The highest BCUT2D eigenvalue weighted by molar-refractivity contribution is 5.87. The minimum atomic E-state index is -2.89. The molecule has 0 bridgehead atoms. The van der Waals surface area contributed by atoms with Crippen molar-refractivity contribution in [2.45, 2.75) is 40.0 Å². The second kappa shape index (κ2) is 7.71. The number of halogens is 2. The molecule has 0 saturated heterocycles. The summed E-state index contributed by atoms with van der Waals surface area (Å²) in [6.07, 6.45) is 0. The van der Waals surface area contributed by atoms with Gasteiger partial charge in [0.1, 0.15) is 11.6 Å². The van der Waals surface area contributed by atoms with Crippen LogP contribution >= 0.6 is 0 Å². The van der Waals surface area contributed by atoms with Crippen LogP contribution in [0.5, 0.6) is 5.75 Å². The Bertz CT molecular complexity index is 703. The summed E-state index contributed by atoms with van der Waals surface area (Å²) >= 11 is 0. The SMILES string of the molecule is Cc1nc(NC(=O)NCc2cccc(OC(F)F)c2)nn1C(C)C. The number of alkyl halides is 2. The van der Waals surface area contributed by atoms with Crippen LogP contribution in [0.2, 0.25) is 0 Å². The first-order chi connectivity index (χ1) is 11.3. The largest absolute Gasteiger partial charge is 0.435 e. The number of hydrogen-bond donors (Lipinski definition) is 2. The summed E-state index contributed by atoms with van der Waals surface area (Å²) in [7, 11) is 0. The number of rotatable bonds is 6. The third-order valence-corrected chi connectivity index (χ3v) is 3.09. The predicted octanol–water partition coefficient (Wildman–Crippen LogP) is 3.09. The van der Waals surface area contributed by atoms with E-state index in [1.54, 1.807) is 23.7 Å². The van der Waals surface area contributed by atoms with Gasteiger partial charge in [0, 0.05) is 12.6 Å². The average Bonchev–Trinajstić information content (AvgIpc) is 2.85. The van der Waals surface area contributed by atoms with Crippen molar-refractivity contribution in [1.29, 1.82) is 0 Å². The van der Waals surface area contributed by atoms with Crippen molar-refractivity contribution in [2.24, 2.45) is 0 Å². The minimum Gasteiger partial charge on any atom is -0.435 e. The van der Waals surface area contributed by atoms with Gasteiger partial charge in [0.25, 0.3) is 0 Å². The number of aromatic nitrogens is 3. The lowest BCUT2D eigenvalue weighted by Crippen LogP contribution is -2.28. The summed E-state index contributed by atoms with van der Waals surface area (Å²) in [6, 6.07) is 5.75. The van der Waals surface area contributed by atoms with Crippen molar-refractivity contribution in [3.05, 3.63) is 35.7 Å². The highest BCUT2D eigenvalue weighted by Crippen LogP contribution is 2.16. The van der Waals surface area contributed by atoms with E-state index in [1.165, 1.54) is 12.1 Å². The lowest BCUT2D eigenvalue weighted by Gasteiger charge is -2.08. The zero-order valence-corrected chi connectivity index (χ0v) is 13.6. The van der Waals surface area contributed by atoms with Gasteiger partial charge in [-0.3, -0.25) is 5.32 Å². The van der Waals surface area contributed by atoms with Gasteiger partial charge in [0.2, 0.25) is 5.95 Å². The van der Waals surface area contributed by atoms with Crippen LogP contribution in [-0.4, -0.2) is 27.4 Å². The molecule has 0 aliphatic carbocycles. The second-order valence-electron chi connectivity index (χ2n) is 5.35. The topological polar surface area (TPSA) is 81.1 Å². The summed E-state index contributed by atoms with van der Waals surface area (Å²) in [5.41, 5.74) is 0.625. The van der Waals surface area contributed by atoms with Crippen LogP contribution in [0.4, 0.5) is 19.5 Å². The number of carbonyl (C=O) groups excluding carboxylic acids is 1. The van der Waals surface area contributed by atoms with Crippen LogP contribution in [0.1, 0.15) is 31.3 Å². The summed E-state index contributed by atoms with van der Waals surface area (Å²) in [6.45, 7) is 2.97. The van der Waals surface area contributed by atoms with Gasteiger partial charge in [-0.1, -0.05) is 12.1 Å². The van der Waals surface area contributed by atoms with Gasteiger partial charge in [0.05, 0.1) is 0 Å². The molecule has 0 aliphatic rings. The lowest BCUT2D eigenvalue weighted by atomic mass is 10.2. The van der Waals surface area contributed by atoms with Crippen LogP contribution in [-0.2, 0) is 6.54 Å². The van der Waals surface area contributed by atoms with Crippen molar-refractivity contribution in [3.8, 4) is 5.75 Å². The van der Waals surface area contributed by atoms with Gasteiger partial charge in [0.15, 0.2) is 0 Å². The zero-order valence-electron chi connectivity index (χ0n) is 13.6. The molecule has 0 aliphatic heterocycles. The van der Waals surface area contributed by atoms with Gasteiger partial charge in [-0.2, -0.15) is 13.8 Å². The lowest BCUT2D eigenvalue weighted by molar-refractivity contribution is -0.0498. The minimum absolute atomic E-state index is 0.0395. The second-order valence-corrected chi connectivity index (χ2v) is 5.35. The molecule has 2 N–H and O–H groups in total. The van der Waals surface area contributed by atoms with E-state index < -0.39 is 12.6 Å². The number of nitrogens with zero attached hydrogens (tertiary/aromatic N) is 3. The Kier molecular flexibility index (Phi) is 5.67. The van der Waals surface area contributed by atoms with Gasteiger partial charge >= 0.3 is 12.6 Å². The molecule has 0 radical (unpaired) electrons. The molecular formula is C15H19F2N5O2. The Morgan fingerprint density at radius 1 is 1.38 bits per heavy atom. The molecule has 24 heavy (non-hydrogen) atoms. The number of carbonyl (C=O) groups is 1. The van der Waals surface area contributed by atoms with Gasteiger partial charge in [-0.05, 0) is 38.5 Å². The molecule has 7 nitrogen and oxygen atoms in total. The third kappa shape index (κ3) is 4.90. The molecule has 0 atom stereocenters. The Hall–Kier alpha value is -2.71. The summed E-state index contributed by atoms with van der Waals surface area (Å²) < 4.78 is 30.4. The Morgan fingerprint density at radius 3 is 2.75 bits per heavy atom. The molecule has 0 saturated carbocycles. The number of hydrogen-bond acceptors (Lipinski definition) is 4.